The number of amides is 1. The Labute approximate surface area is 130 Å². The van der Waals surface area contributed by atoms with E-state index in [1.54, 1.807) is 0 Å². The van der Waals surface area contributed by atoms with Gasteiger partial charge in [0, 0.05) is 24.0 Å². The van der Waals surface area contributed by atoms with Crippen LogP contribution < -0.4 is 0 Å². The Balaban J connectivity index is 1.99. The van der Waals surface area contributed by atoms with Crippen molar-refractivity contribution < 1.29 is 9.53 Å². The molecule has 0 saturated carbocycles. The lowest BCUT2D eigenvalue weighted by Gasteiger charge is -2.38. The summed E-state index contributed by atoms with van der Waals surface area (Å²) >= 11 is 6.36. The molecule has 1 amide bonds. The van der Waals surface area contributed by atoms with Crippen molar-refractivity contribution in [1.82, 2.24) is 4.90 Å². The molecule has 112 valence electrons. The van der Waals surface area contributed by atoms with E-state index in [9.17, 15) is 4.79 Å². The molecule has 1 aromatic rings. The molecule has 0 radical (unpaired) electrons. The molecule has 2 aliphatic rings. The van der Waals surface area contributed by atoms with Gasteiger partial charge < -0.3 is 9.64 Å². The van der Waals surface area contributed by atoms with Crippen molar-refractivity contribution in [3.05, 3.63) is 40.9 Å². The Morgan fingerprint density at radius 3 is 3.05 bits per heavy atom. The Bertz CT molecular complexity index is 613. The molecule has 1 heterocycles. The maximum absolute atomic E-state index is 12.0. The van der Waals surface area contributed by atoms with Crippen LogP contribution in [0, 0.1) is 5.41 Å². The highest BCUT2D eigenvalue weighted by Gasteiger charge is 2.49. The SMILES string of the molecule is C=C1C[C@@]2(C)CN(C(=O)OCC)C[C@H]2c2cccc(Cl)c21. The van der Waals surface area contributed by atoms with Crippen molar-refractivity contribution in [2.24, 2.45) is 5.41 Å². The van der Waals surface area contributed by atoms with E-state index >= 15 is 0 Å². The number of benzene rings is 1. The van der Waals surface area contributed by atoms with E-state index in [2.05, 4.69) is 19.6 Å². The minimum atomic E-state index is -0.220. The topological polar surface area (TPSA) is 29.5 Å². The van der Waals surface area contributed by atoms with E-state index in [4.69, 9.17) is 16.3 Å². The fraction of sp³-hybridized carbons (Fsp3) is 0.471. The van der Waals surface area contributed by atoms with Crippen molar-refractivity contribution in [3.63, 3.8) is 0 Å². The van der Waals surface area contributed by atoms with Gasteiger partial charge in [0.1, 0.15) is 0 Å². The number of ether oxygens (including phenoxy) is 1. The van der Waals surface area contributed by atoms with Gasteiger partial charge in [-0.25, -0.2) is 4.79 Å². The van der Waals surface area contributed by atoms with Crippen LogP contribution in [0.3, 0.4) is 0 Å². The van der Waals surface area contributed by atoms with Gasteiger partial charge in [-0.3, -0.25) is 0 Å². The Hall–Kier alpha value is -1.48. The lowest BCUT2D eigenvalue weighted by atomic mass is 9.65. The molecule has 1 aliphatic heterocycles. The minimum absolute atomic E-state index is 0.0154. The summed E-state index contributed by atoms with van der Waals surface area (Å²) < 4.78 is 5.15. The zero-order valence-corrected chi connectivity index (χ0v) is 13.2. The summed E-state index contributed by atoms with van der Waals surface area (Å²) in [6, 6.07) is 6.00. The summed E-state index contributed by atoms with van der Waals surface area (Å²) in [6.07, 6.45) is 0.645. The van der Waals surface area contributed by atoms with E-state index in [0.717, 1.165) is 22.6 Å². The fourth-order valence-corrected chi connectivity index (χ4v) is 4.15. The number of nitrogens with zero attached hydrogens (tertiary/aromatic N) is 1. The van der Waals surface area contributed by atoms with Gasteiger partial charge in [0.15, 0.2) is 0 Å². The number of fused-ring (bicyclic) bond motifs is 3. The minimum Gasteiger partial charge on any atom is -0.450 e. The van der Waals surface area contributed by atoms with Crippen molar-refractivity contribution >= 4 is 23.3 Å². The third-order valence-electron chi connectivity index (χ3n) is 4.71. The highest BCUT2D eigenvalue weighted by molar-refractivity contribution is 6.32. The average Bonchev–Trinajstić information content (AvgIpc) is 2.76. The second-order valence-corrected chi connectivity index (χ2v) is 6.68. The summed E-state index contributed by atoms with van der Waals surface area (Å²) in [5.74, 6) is 0.293. The van der Waals surface area contributed by atoms with E-state index in [-0.39, 0.29) is 11.5 Å². The van der Waals surface area contributed by atoms with E-state index in [1.807, 2.05) is 24.0 Å². The molecule has 3 nitrogen and oxygen atoms in total. The van der Waals surface area contributed by atoms with Crippen molar-refractivity contribution in [1.29, 1.82) is 0 Å². The number of allylic oxidation sites excluding steroid dienone is 1. The largest absolute Gasteiger partial charge is 0.450 e. The number of halogens is 1. The zero-order valence-electron chi connectivity index (χ0n) is 12.5. The quantitative estimate of drug-likeness (QED) is 0.773. The van der Waals surface area contributed by atoms with Crippen molar-refractivity contribution in [3.8, 4) is 0 Å². The van der Waals surface area contributed by atoms with Crippen LogP contribution in [0.25, 0.3) is 5.57 Å². The van der Waals surface area contributed by atoms with Gasteiger partial charge in [0.05, 0.1) is 6.61 Å². The molecule has 1 fully saturated rings. The van der Waals surface area contributed by atoms with Gasteiger partial charge in [-0.15, -0.1) is 0 Å². The first-order valence-corrected chi connectivity index (χ1v) is 7.72. The molecule has 0 aromatic heterocycles. The van der Waals surface area contributed by atoms with E-state index in [1.165, 1.54) is 5.56 Å². The first-order chi connectivity index (χ1) is 9.96. The summed E-state index contributed by atoms with van der Waals surface area (Å²) in [5.41, 5.74) is 3.38. The molecule has 4 heteroatoms. The molecule has 0 unspecified atom stereocenters. The van der Waals surface area contributed by atoms with Crippen LogP contribution in [0.1, 0.15) is 37.3 Å². The normalized spacial score (nSPS) is 27.3. The molecule has 1 aliphatic carbocycles. The van der Waals surface area contributed by atoms with Crippen molar-refractivity contribution in [2.45, 2.75) is 26.2 Å². The molecule has 2 atom stereocenters. The predicted octanol–water partition coefficient (Wildman–Crippen LogP) is 4.32. The number of likely N-dealkylation sites (tertiary alicyclic amines) is 1. The molecule has 1 saturated heterocycles. The Kier molecular flexibility index (Phi) is 3.48. The zero-order chi connectivity index (χ0) is 15.2. The number of hydrogen-bond acceptors (Lipinski definition) is 2. The number of carbonyl (C=O) groups excluding carboxylic acids is 1. The van der Waals surface area contributed by atoms with Crippen LogP contribution in [-0.4, -0.2) is 30.7 Å². The van der Waals surface area contributed by atoms with Gasteiger partial charge in [-0.1, -0.05) is 37.2 Å². The summed E-state index contributed by atoms with van der Waals surface area (Å²) in [5, 5.41) is 0.758. The van der Waals surface area contributed by atoms with Crippen LogP contribution in [-0.2, 0) is 4.74 Å². The summed E-state index contributed by atoms with van der Waals surface area (Å²) in [6.45, 7) is 10.1. The molecule has 0 bridgehead atoms. The third kappa shape index (κ3) is 2.24. The second kappa shape index (κ2) is 5.06. The Morgan fingerprint density at radius 1 is 1.57 bits per heavy atom. The standard InChI is InChI=1S/C17H20ClNO2/c1-4-21-16(20)19-9-13-12-6-5-7-14(18)15(12)11(2)8-17(13,3)10-19/h5-7,13H,2,4,8-10H2,1,3H3/t13-,17-/m0/s1. The van der Waals surface area contributed by atoms with Crippen LogP contribution >= 0.6 is 11.6 Å². The fourth-order valence-electron chi connectivity index (χ4n) is 3.84. The van der Waals surface area contributed by atoms with Gasteiger partial charge >= 0.3 is 6.09 Å². The maximum atomic E-state index is 12.0. The smallest absolute Gasteiger partial charge is 0.409 e. The van der Waals surface area contributed by atoms with Crippen LogP contribution in [0.4, 0.5) is 4.79 Å². The van der Waals surface area contributed by atoms with Crippen LogP contribution in [0.2, 0.25) is 5.02 Å². The molecule has 0 spiro atoms. The molecular weight excluding hydrogens is 286 g/mol. The van der Waals surface area contributed by atoms with E-state index < -0.39 is 0 Å². The number of carbonyl (C=O) groups is 1. The van der Waals surface area contributed by atoms with Gasteiger partial charge in [-0.05, 0) is 41.5 Å². The molecule has 0 N–H and O–H groups in total. The van der Waals surface area contributed by atoms with E-state index in [0.29, 0.717) is 25.6 Å². The van der Waals surface area contributed by atoms with Crippen LogP contribution in [0.15, 0.2) is 24.8 Å². The molecule has 21 heavy (non-hydrogen) atoms. The van der Waals surface area contributed by atoms with Gasteiger partial charge in [0.25, 0.3) is 0 Å². The van der Waals surface area contributed by atoms with Crippen LogP contribution in [0.5, 0.6) is 0 Å². The lowest BCUT2D eigenvalue weighted by molar-refractivity contribution is 0.111. The highest BCUT2D eigenvalue weighted by Crippen LogP contribution is 2.54. The molecule has 3 rings (SSSR count). The summed E-state index contributed by atoms with van der Waals surface area (Å²) in [4.78, 5) is 13.9. The van der Waals surface area contributed by atoms with Crippen molar-refractivity contribution in [2.75, 3.05) is 19.7 Å². The number of hydrogen-bond donors (Lipinski definition) is 0. The monoisotopic (exact) mass is 305 g/mol. The van der Waals surface area contributed by atoms with Gasteiger partial charge in [-0.2, -0.15) is 0 Å². The highest BCUT2D eigenvalue weighted by atomic mass is 35.5. The summed E-state index contributed by atoms with van der Waals surface area (Å²) in [7, 11) is 0. The predicted molar refractivity (Wildman–Crippen MR) is 84.5 cm³/mol. The molecule has 1 aromatic carbocycles. The third-order valence-corrected chi connectivity index (χ3v) is 5.03. The first-order valence-electron chi connectivity index (χ1n) is 7.34. The second-order valence-electron chi connectivity index (χ2n) is 6.27. The molecular formula is C17H20ClNO2. The van der Waals surface area contributed by atoms with Gasteiger partial charge in [0.2, 0.25) is 0 Å². The maximum Gasteiger partial charge on any atom is 0.409 e. The number of rotatable bonds is 1. The average molecular weight is 306 g/mol. The lowest BCUT2D eigenvalue weighted by Crippen LogP contribution is -2.32. The Morgan fingerprint density at radius 2 is 2.33 bits per heavy atom. The first kappa shape index (κ1) is 14.5.